The maximum Gasteiger partial charge on any atom is 0.257 e. The highest BCUT2D eigenvalue weighted by atomic mass is 32.1. The van der Waals surface area contributed by atoms with Crippen LogP contribution >= 0.6 is 11.3 Å². The molecule has 27 heavy (non-hydrogen) atoms. The summed E-state index contributed by atoms with van der Waals surface area (Å²) in [7, 11) is 0. The first-order chi connectivity index (χ1) is 13.0. The fraction of sp³-hybridized carbons (Fsp3) is 0.200. The Morgan fingerprint density at radius 2 is 1.74 bits per heavy atom. The Labute approximate surface area is 160 Å². The summed E-state index contributed by atoms with van der Waals surface area (Å²) < 4.78 is 6.48. The maximum atomic E-state index is 12.6. The Morgan fingerprint density at radius 3 is 2.52 bits per heavy atom. The van der Waals surface area contributed by atoms with Crippen molar-refractivity contribution in [2.24, 2.45) is 0 Å². The number of nitrogens with zero attached hydrogens (tertiary/aromatic N) is 3. The normalized spacial score (nSPS) is 11.1. The summed E-state index contributed by atoms with van der Waals surface area (Å²) in [5, 5.41) is 3.42. The van der Waals surface area contributed by atoms with Gasteiger partial charge < -0.3 is 4.74 Å². The third kappa shape index (κ3) is 3.46. The highest BCUT2D eigenvalue weighted by Gasteiger charge is 2.12. The molecule has 0 saturated carbocycles. The fourth-order valence-corrected chi connectivity index (χ4v) is 3.65. The lowest BCUT2D eigenvalue weighted by atomic mass is 10.1. The van der Waals surface area contributed by atoms with Crippen molar-refractivity contribution in [3.05, 3.63) is 53.3 Å². The molecule has 7 heteroatoms. The molecule has 2 aromatic carbocycles. The summed E-state index contributed by atoms with van der Waals surface area (Å²) in [6, 6.07) is 11.0. The summed E-state index contributed by atoms with van der Waals surface area (Å²) in [5.41, 5.74) is 4.58. The lowest BCUT2D eigenvalue weighted by molar-refractivity contribution is 0.102. The standard InChI is InChI=1S/C20H18N4O2S/c1-4-26-14-6-8-16-18(10-14)27-20(23-16)24-19(25)13-5-7-15-17(9-13)22-12(3)11(2)21-15/h5-10H,4H2,1-3H3,(H,23,24,25). The smallest absolute Gasteiger partial charge is 0.257 e. The number of aromatic nitrogens is 3. The summed E-state index contributed by atoms with van der Waals surface area (Å²) in [6.07, 6.45) is 0. The molecule has 1 N–H and O–H groups in total. The van der Waals surface area contributed by atoms with E-state index in [1.807, 2.05) is 45.0 Å². The summed E-state index contributed by atoms with van der Waals surface area (Å²) in [5.74, 6) is 0.575. The van der Waals surface area contributed by atoms with Gasteiger partial charge in [-0.2, -0.15) is 0 Å². The highest BCUT2D eigenvalue weighted by molar-refractivity contribution is 7.22. The second-order valence-electron chi connectivity index (χ2n) is 6.13. The average Bonchev–Trinajstić information content (AvgIpc) is 3.04. The van der Waals surface area contributed by atoms with Crippen molar-refractivity contribution < 1.29 is 9.53 Å². The zero-order valence-electron chi connectivity index (χ0n) is 15.2. The molecular weight excluding hydrogens is 360 g/mol. The number of carbonyl (C=O) groups excluding carboxylic acids is 1. The molecule has 0 radical (unpaired) electrons. The zero-order chi connectivity index (χ0) is 19.0. The molecule has 136 valence electrons. The molecule has 0 fully saturated rings. The number of carbonyl (C=O) groups is 1. The van der Waals surface area contributed by atoms with Crippen LogP contribution in [0.2, 0.25) is 0 Å². The number of hydrogen-bond acceptors (Lipinski definition) is 6. The first-order valence-corrected chi connectivity index (χ1v) is 9.45. The van der Waals surface area contributed by atoms with Crippen LogP contribution in [0.1, 0.15) is 28.7 Å². The number of fused-ring (bicyclic) bond motifs is 2. The van der Waals surface area contributed by atoms with Gasteiger partial charge in [0.15, 0.2) is 5.13 Å². The lowest BCUT2D eigenvalue weighted by Gasteiger charge is -2.05. The van der Waals surface area contributed by atoms with E-state index in [2.05, 4.69) is 20.3 Å². The van der Waals surface area contributed by atoms with Crippen molar-refractivity contribution in [2.75, 3.05) is 11.9 Å². The van der Waals surface area contributed by atoms with Crippen LogP contribution in [0, 0.1) is 13.8 Å². The lowest BCUT2D eigenvalue weighted by Crippen LogP contribution is -2.11. The third-order valence-corrected chi connectivity index (χ3v) is 5.16. The van der Waals surface area contributed by atoms with Crippen LogP contribution in [-0.2, 0) is 0 Å². The van der Waals surface area contributed by atoms with Crippen LogP contribution in [0.3, 0.4) is 0 Å². The quantitative estimate of drug-likeness (QED) is 0.565. The minimum absolute atomic E-state index is 0.221. The van der Waals surface area contributed by atoms with E-state index in [0.29, 0.717) is 22.8 Å². The van der Waals surface area contributed by atoms with Gasteiger partial charge in [-0.25, -0.2) is 15.0 Å². The van der Waals surface area contributed by atoms with Gasteiger partial charge in [0.1, 0.15) is 5.75 Å². The molecule has 0 aliphatic heterocycles. The molecule has 2 aromatic heterocycles. The summed E-state index contributed by atoms with van der Waals surface area (Å²) >= 11 is 1.42. The molecule has 0 bridgehead atoms. The Balaban J connectivity index is 1.60. The number of amides is 1. The van der Waals surface area contributed by atoms with E-state index < -0.39 is 0 Å². The van der Waals surface area contributed by atoms with Crippen molar-refractivity contribution in [1.82, 2.24) is 15.0 Å². The van der Waals surface area contributed by atoms with Crippen LogP contribution < -0.4 is 10.1 Å². The van der Waals surface area contributed by atoms with Gasteiger partial charge >= 0.3 is 0 Å². The number of rotatable bonds is 4. The minimum atomic E-state index is -0.221. The number of ether oxygens (including phenoxy) is 1. The first kappa shape index (κ1) is 17.4. The van der Waals surface area contributed by atoms with Crippen molar-refractivity contribution in [2.45, 2.75) is 20.8 Å². The first-order valence-electron chi connectivity index (χ1n) is 8.63. The van der Waals surface area contributed by atoms with E-state index in [-0.39, 0.29) is 5.91 Å². The second-order valence-corrected chi connectivity index (χ2v) is 7.16. The molecule has 0 saturated heterocycles. The minimum Gasteiger partial charge on any atom is -0.494 e. The molecule has 1 amide bonds. The largest absolute Gasteiger partial charge is 0.494 e. The Kier molecular flexibility index (Phi) is 4.45. The summed E-state index contributed by atoms with van der Waals surface area (Å²) in [6.45, 7) is 6.38. The van der Waals surface area contributed by atoms with Crippen LogP contribution in [0.25, 0.3) is 21.3 Å². The van der Waals surface area contributed by atoms with Gasteiger partial charge in [0.25, 0.3) is 5.91 Å². The number of nitrogens with one attached hydrogen (secondary N) is 1. The van der Waals surface area contributed by atoms with E-state index in [1.54, 1.807) is 12.1 Å². The number of benzene rings is 2. The molecular formula is C20H18N4O2S. The van der Waals surface area contributed by atoms with E-state index >= 15 is 0 Å². The molecule has 0 unspecified atom stereocenters. The zero-order valence-corrected chi connectivity index (χ0v) is 16.1. The average molecular weight is 378 g/mol. The molecule has 6 nitrogen and oxygen atoms in total. The van der Waals surface area contributed by atoms with E-state index in [0.717, 1.165) is 32.9 Å². The number of thiazole rings is 1. The highest BCUT2D eigenvalue weighted by Crippen LogP contribution is 2.29. The SMILES string of the molecule is CCOc1ccc2nc(NC(=O)c3ccc4nc(C)c(C)nc4c3)sc2c1. The molecule has 4 aromatic rings. The van der Waals surface area contributed by atoms with Crippen molar-refractivity contribution in [1.29, 1.82) is 0 Å². The fourth-order valence-electron chi connectivity index (χ4n) is 2.76. The van der Waals surface area contributed by atoms with Crippen LogP contribution in [0.5, 0.6) is 5.75 Å². The predicted octanol–water partition coefficient (Wildman–Crippen LogP) is 4.51. The van der Waals surface area contributed by atoms with Gasteiger partial charge in [-0.1, -0.05) is 11.3 Å². The Morgan fingerprint density at radius 1 is 1.00 bits per heavy atom. The maximum absolute atomic E-state index is 12.6. The van der Waals surface area contributed by atoms with Gasteiger partial charge in [0.05, 0.1) is 39.2 Å². The Hall–Kier alpha value is -3.06. The van der Waals surface area contributed by atoms with Crippen LogP contribution in [0.4, 0.5) is 5.13 Å². The Bertz CT molecular complexity index is 1170. The van der Waals surface area contributed by atoms with Gasteiger partial charge in [-0.3, -0.25) is 10.1 Å². The number of aryl methyl sites for hydroxylation is 2. The molecule has 4 rings (SSSR count). The molecule has 2 heterocycles. The van der Waals surface area contributed by atoms with E-state index in [1.165, 1.54) is 11.3 Å². The van der Waals surface area contributed by atoms with Crippen molar-refractivity contribution in [3.63, 3.8) is 0 Å². The van der Waals surface area contributed by atoms with E-state index in [4.69, 9.17) is 4.74 Å². The van der Waals surface area contributed by atoms with Crippen LogP contribution in [0.15, 0.2) is 36.4 Å². The number of anilines is 1. The van der Waals surface area contributed by atoms with Gasteiger partial charge in [0, 0.05) is 5.56 Å². The van der Waals surface area contributed by atoms with E-state index in [9.17, 15) is 4.79 Å². The molecule has 0 aliphatic carbocycles. The van der Waals surface area contributed by atoms with Gasteiger partial charge in [-0.15, -0.1) is 0 Å². The van der Waals surface area contributed by atoms with Gasteiger partial charge in [0.2, 0.25) is 0 Å². The van der Waals surface area contributed by atoms with Crippen molar-refractivity contribution >= 4 is 43.6 Å². The molecule has 0 aliphatic rings. The van der Waals surface area contributed by atoms with Gasteiger partial charge in [-0.05, 0) is 57.2 Å². The number of hydrogen-bond donors (Lipinski definition) is 1. The summed E-state index contributed by atoms with van der Waals surface area (Å²) in [4.78, 5) is 26.1. The second kappa shape index (κ2) is 6.92. The molecule has 0 spiro atoms. The molecule has 0 atom stereocenters. The third-order valence-electron chi connectivity index (χ3n) is 4.23. The van der Waals surface area contributed by atoms with Crippen LogP contribution in [-0.4, -0.2) is 27.5 Å². The van der Waals surface area contributed by atoms with Crippen molar-refractivity contribution in [3.8, 4) is 5.75 Å². The monoisotopic (exact) mass is 378 g/mol. The predicted molar refractivity (Wildman–Crippen MR) is 108 cm³/mol. The topological polar surface area (TPSA) is 77.0 Å².